The minimum atomic E-state index is -5.05. The lowest BCUT2D eigenvalue weighted by Gasteiger charge is -2.41. The normalized spacial score (nSPS) is 22.2. The molecule has 1 aliphatic carbocycles. The van der Waals surface area contributed by atoms with Crippen molar-refractivity contribution in [2.24, 2.45) is 0 Å². The van der Waals surface area contributed by atoms with Crippen LogP contribution < -0.4 is 0 Å². The number of unbranched alkanes of at least 4 members (excludes halogenated alkanes) is 13. The summed E-state index contributed by atoms with van der Waals surface area (Å²) in [6.07, 6.45) is 46.2. The number of ether oxygens (including phenoxy) is 2. The molecule has 6 N–H and O–H groups in total. The largest absolute Gasteiger partial charge is 0.472 e. The van der Waals surface area contributed by atoms with Gasteiger partial charge in [0.15, 0.2) is 0 Å². The summed E-state index contributed by atoms with van der Waals surface area (Å²) in [7, 11) is -5.05. The van der Waals surface area contributed by atoms with Crippen LogP contribution in [0.3, 0.4) is 0 Å². The monoisotopic (exact) mass is 949 g/mol. The third-order valence-corrected chi connectivity index (χ3v) is 11.9. The topological polar surface area (TPSA) is 192 Å². The second-order valence-corrected chi connectivity index (χ2v) is 18.3. The number of hydrogen-bond donors (Lipinski definition) is 6. The van der Waals surface area contributed by atoms with Crippen LogP contribution in [0.15, 0.2) is 97.2 Å². The number of carbonyl (C=O) groups is 1. The Morgan fingerprint density at radius 1 is 0.500 bits per heavy atom. The molecule has 0 amide bonds. The van der Waals surface area contributed by atoms with Crippen molar-refractivity contribution in [2.75, 3.05) is 19.8 Å². The maximum atomic E-state index is 12.8. The van der Waals surface area contributed by atoms with Crippen LogP contribution in [0, 0.1) is 0 Å². The van der Waals surface area contributed by atoms with Crippen molar-refractivity contribution in [1.82, 2.24) is 0 Å². The van der Waals surface area contributed by atoms with Gasteiger partial charge in [-0.15, -0.1) is 0 Å². The lowest BCUT2D eigenvalue weighted by Crippen LogP contribution is -2.64. The van der Waals surface area contributed by atoms with Crippen molar-refractivity contribution in [2.45, 2.75) is 211 Å². The minimum Gasteiger partial charge on any atom is -0.457 e. The molecule has 1 saturated carbocycles. The minimum absolute atomic E-state index is 0.0989. The zero-order valence-electron chi connectivity index (χ0n) is 40.5. The number of aliphatic hydroxyl groups excluding tert-OH is 5. The van der Waals surface area contributed by atoms with Gasteiger partial charge in [0.25, 0.3) is 0 Å². The quantitative estimate of drug-likeness (QED) is 0.0147. The molecule has 6 atom stereocenters. The van der Waals surface area contributed by atoms with E-state index in [4.69, 9.17) is 18.5 Å². The van der Waals surface area contributed by atoms with Gasteiger partial charge in [-0.1, -0.05) is 169 Å². The van der Waals surface area contributed by atoms with E-state index in [0.29, 0.717) is 19.4 Å². The van der Waals surface area contributed by atoms with Crippen LogP contribution >= 0.6 is 7.82 Å². The fraction of sp³-hybridized carbons (Fsp3) is 0.679. The van der Waals surface area contributed by atoms with Gasteiger partial charge in [0.2, 0.25) is 0 Å². The van der Waals surface area contributed by atoms with E-state index in [1.807, 2.05) is 12.2 Å². The second-order valence-electron chi connectivity index (χ2n) is 16.9. The first-order chi connectivity index (χ1) is 32.0. The summed E-state index contributed by atoms with van der Waals surface area (Å²) < 4.78 is 34.2. The maximum absolute atomic E-state index is 12.8. The van der Waals surface area contributed by atoms with Gasteiger partial charge >= 0.3 is 13.8 Å². The fourth-order valence-corrected chi connectivity index (χ4v) is 7.96. The zero-order chi connectivity index (χ0) is 48.4. The van der Waals surface area contributed by atoms with Gasteiger partial charge in [0, 0.05) is 13.0 Å². The van der Waals surface area contributed by atoms with Crippen LogP contribution in [-0.4, -0.2) is 98.9 Å². The van der Waals surface area contributed by atoms with E-state index in [0.717, 1.165) is 77.0 Å². The number of carbonyl (C=O) groups excluding carboxylic acids is 1. The van der Waals surface area contributed by atoms with E-state index in [-0.39, 0.29) is 13.0 Å². The van der Waals surface area contributed by atoms with Crippen LogP contribution in [0.2, 0.25) is 0 Å². The molecule has 1 rings (SSSR count). The maximum Gasteiger partial charge on any atom is 0.472 e. The Morgan fingerprint density at radius 2 is 0.894 bits per heavy atom. The van der Waals surface area contributed by atoms with E-state index in [1.165, 1.54) is 57.8 Å². The highest BCUT2D eigenvalue weighted by Crippen LogP contribution is 2.47. The molecule has 0 aliphatic heterocycles. The molecule has 0 heterocycles. The summed E-state index contributed by atoms with van der Waals surface area (Å²) in [6.45, 7) is 4.04. The van der Waals surface area contributed by atoms with Crippen LogP contribution in [0.4, 0.5) is 0 Å². The van der Waals surface area contributed by atoms with Gasteiger partial charge in [-0.25, -0.2) is 4.57 Å². The average Bonchev–Trinajstić information content (AvgIpc) is 3.30. The molecule has 12 nitrogen and oxygen atoms in total. The van der Waals surface area contributed by atoms with Crippen molar-refractivity contribution in [3.8, 4) is 0 Å². The lowest BCUT2D eigenvalue weighted by atomic mass is 9.85. The number of allylic oxidation sites excluding steroid dienone is 16. The Kier molecular flexibility index (Phi) is 39.3. The van der Waals surface area contributed by atoms with Crippen molar-refractivity contribution in [3.63, 3.8) is 0 Å². The molecule has 0 aromatic carbocycles. The molecule has 0 bridgehead atoms. The summed E-state index contributed by atoms with van der Waals surface area (Å²) in [6, 6.07) is 0. The van der Waals surface area contributed by atoms with E-state index < -0.39 is 63.1 Å². The van der Waals surface area contributed by atoms with Gasteiger partial charge in [-0.2, -0.15) is 0 Å². The first-order valence-electron chi connectivity index (χ1n) is 25.1. The van der Waals surface area contributed by atoms with Crippen LogP contribution in [0.25, 0.3) is 0 Å². The Bertz CT molecular complexity index is 1450. The highest BCUT2D eigenvalue weighted by atomic mass is 31.2. The summed E-state index contributed by atoms with van der Waals surface area (Å²) in [5.41, 5.74) is 0. The number of hydrogen-bond acceptors (Lipinski definition) is 11. The molecule has 0 radical (unpaired) electrons. The molecular weight excluding hydrogens is 860 g/mol. The summed E-state index contributed by atoms with van der Waals surface area (Å²) >= 11 is 0. The first kappa shape index (κ1) is 61.3. The van der Waals surface area contributed by atoms with Crippen molar-refractivity contribution >= 4 is 13.8 Å². The number of aliphatic hydroxyl groups is 5. The van der Waals surface area contributed by atoms with Crippen LogP contribution in [-0.2, 0) is 27.9 Å². The van der Waals surface area contributed by atoms with Gasteiger partial charge in [-0.05, 0) is 89.9 Å². The fourth-order valence-electron chi connectivity index (χ4n) is 6.99. The molecular formula is C53H89O12P. The molecule has 6 unspecified atom stereocenters. The van der Waals surface area contributed by atoms with E-state index in [2.05, 4.69) is 98.9 Å². The standard InChI is InChI=1S/C53H89O12P/c1-3-5-7-9-11-13-15-17-19-21-22-23-24-25-27-29-31-33-35-37-39-41-43-62-44-46(45-63-66(60,61)65-53-51(58)49(56)48(55)50(57)52(53)59)64-47(54)42-40-38-36-34-32-30-28-26-20-18-16-14-12-10-8-6-4-2/h6,8,12,14-15,17-18,20-22,24-25,28,30,34,36,46,48-53,55-59H,3-5,7,9-11,13,16,19,23,26-27,29,31-33,35,37-45H2,1-2H3,(H,60,61)/b8-6-,14-12-,17-15-,20-18-,22-21-,25-24-,30-28-,36-34-. The Hall–Kier alpha value is -2.74. The highest BCUT2D eigenvalue weighted by Gasteiger charge is 2.51. The van der Waals surface area contributed by atoms with Crippen molar-refractivity contribution in [1.29, 1.82) is 0 Å². The number of phosphoric ester groups is 1. The molecule has 0 aromatic rings. The van der Waals surface area contributed by atoms with Gasteiger partial charge in [-0.3, -0.25) is 13.8 Å². The summed E-state index contributed by atoms with van der Waals surface area (Å²) in [5, 5.41) is 50.3. The number of esters is 1. The third kappa shape index (κ3) is 33.7. The predicted octanol–water partition coefficient (Wildman–Crippen LogP) is 11.1. The first-order valence-corrected chi connectivity index (χ1v) is 26.6. The van der Waals surface area contributed by atoms with Crippen molar-refractivity contribution in [3.05, 3.63) is 97.2 Å². The number of rotatable bonds is 41. The molecule has 378 valence electrons. The third-order valence-electron chi connectivity index (χ3n) is 10.9. The van der Waals surface area contributed by atoms with E-state index in [1.54, 1.807) is 0 Å². The molecule has 66 heavy (non-hydrogen) atoms. The van der Waals surface area contributed by atoms with E-state index in [9.17, 15) is 39.8 Å². The Morgan fingerprint density at radius 3 is 1.36 bits per heavy atom. The molecule has 1 fully saturated rings. The molecule has 0 aromatic heterocycles. The van der Waals surface area contributed by atoms with E-state index >= 15 is 0 Å². The smallest absolute Gasteiger partial charge is 0.457 e. The Balaban J connectivity index is 2.41. The zero-order valence-corrected chi connectivity index (χ0v) is 41.3. The SMILES string of the molecule is CC/C=C\C/C=C\C/C=C\C/C=C\C/C=C\CCCC(=O)OC(COCCCCCCCCC/C=C\C/C=C\C/C=C\CCCCCCC)COP(=O)(O)OC1C(O)C(O)C(O)C(O)C1O. The summed E-state index contributed by atoms with van der Waals surface area (Å²) in [4.78, 5) is 23.2. The van der Waals surface area contributed by atoms with Gasteiger partial charge in [0.05, 0.1) is 13.2 Å². The highest BCUT2D eigenvalue weighted by molar-refractivity contribution is 7.47. The van der Waals surface area contributed by atoms with Gasteiger partial charge in [0.1, 0.15) is 42.7 Å². The summed E-state index contributed by atoms with van der Waals surface area (Å²) in [5.74, 6) is -0.541. The van der Waals surface area contributed by atoms with Gasteiger partial charge < -0.3 is 39.9 Å². The predicted molar refractivity (Wildman–Crippen MR) is 267 cm³/mol. The average molecular weight is 949 g/mol. The number of phosphoric acid groups is 1. The lowest BCUT2D eigenvalue weighted by molar-refractivity contribution is -0.220. The Labute approximate surface area is 398 Å². The van der Waals surface area contributed by atoms with Crippen molar-refractivity contribution < 1.29 is 58.3 Å². The van der Waals surface area contributed by atoms with Crippen LogP contribution in [0.1, 0.15) is 168 Å². The van der Waals surface area contributed by atoms with Crippen LogP contribution in [0.5, 0.6) is 0 Å². The molecule has 0 saturated heterocycles. The molecule has 13 heteroatoms. The molecule has 1 aliphatic rings. The molecule has 0 spiro atoms. The second kappa shape index (κ2) is 42.4.